The van der Waals surface area contributed by atoms with Crippen LogP contribution in [0.15, 0.2) is 91.0 Å². The molecule has 9 heteroatoms. The van der Waals surface area contributed by atoms with E-state index in [1.165, 1.54) is 0 Å². The van der Waals surface area contributed by atoms with Gasteiger partial charge in [-0.15, -0.1) is 0 Å². The van der Waals surface area contributed by atoms with E-state index in [9.17, 15) is 19.8 Å². The summed E-state index contributed by atoms with van der Waals surface area (Å²) < 4.78 is 22.0. The standard InChI is InChI=1S/C28H29NO8/c30-24-22(18-35-26(31)21-14-8-3-9-15-21)37-27(32)23(25(24)34-16-19-10-4-1-5-11-19)29-28(33)36-17-20-12-6-2-7-13-20/h1-15,22-25,27,30,32H,16-18H2,(H,29,33). The molecule has 0 bridgehead atoms. The van der Waals surface area contributed by atoms with E-state index in [1.807, 2.05) is 60.7 Å². The molecule has 0 radical (unpaired) electrons. The predicted molar refractivity (Wildman–Crippen MR) is 132 cm³/mol. The summed E-state index contributed by atoms with van der Waals surface area (Å²) in [6.07, 6.45) is -5.90. The predicted octanol–water partition coefficient (Wildman–Crippen LogP) is 2.80. The summed E-state index contributed by atoms with van der Waals surface area (Å²) >= 11 is 0. The minimum Gasteiger partial charge on any atom is -0.459 e. The molecule has 0 spiro atoms. The van der Waals surface area contributed by atoms with Gasteiger partial charge in [0.25, 0.3) is 0 Å². The Morgan fingerprint density at radius 2 is 1.35 bits per heavy atom. The molecule has 3 aromatic rings. The number of carbonyl (C=O) groups is 2. The van der Waals surface area contributed by atoms with Crippen LogP contribution in [0.2, 0.25) is 0 Å². The molecule has 5 unspecified atom stereocenters. The van der Waals surface area contributed by atoms with Crippen molar-refractivity contribution >= 4 is 12.1 Å². The lowest BCUT2D eigenvalue weighted by molar-refractivity contribution is -0.263. The first-order valence-corrected chi connectivity index (χ1v) is 11.9. The quantitative estimate of drug-likeness (QED) is 0.378. The first-order chi connectivity index (χ1) is 18.0. The topological polar surface area (TPSA) is 124 Å². The second-order valence-corrected chi connectivity index (χ2v) is 8.51. The number of rotatable bonds is 9. The van der Waals surface area contributed by atoms with Crippen molar-refractivity contribution in [1.82, 2.24) is 5.32 Å². The smallest absolute Gasteiger partial charge is 0.407 e. The van der Waals surface area contributed by atoms with Crippen molar-refractivity contribution in [3.63, 3.8) is 0 Å². The molecular weight excluding hydrogens is 478 g/mol. The fraction of sp³-hybridized carbons (Fsp3) is 0.286. The molecular formula is C28H29NO8. The van der Waals surface area contributed by atoms with Crippen molar-refractivity contribution in [1.29, 1.82) is 0 Å². The van der Waals surface area contributed by atoms with Crippen LogP contribution >= 0.6 is 0 Å². The van der Waals surface area contributed by atoms with Crippen LogP contribution in [0.3, 0.4) is 0 Å². The lowest BCUT2D eigenvalue weighted by atomic mass is 9.96. The number of alkyl carbamates (subject to hydrolysis) is 1. The van der Waals surface area contributed by atoms with Crippen molar-refractivity contribution in [3.8, 4) is 0 Å². The molecule has 0 saturated carbocycles. The van der Waals surface area contributed by atoms with Crippen molar-refractivity contribution in [2.45, 2.75) is 43.9 Å². The van der Waals surface area contributed by atoms with Gasteiger partial charge in [0.05, 0.1) is 12.2 Å². The van der Waals surface area contributed by atoms with Gasteiger partial charge in [-0.3, -0.25) is 0 Å². The van der Waals surface area contributed by atoms with Gasteiger partial charge in [-0.25, -0.2) is 9.59 Å². The first kappa shape index (κ1) is 26.3. The van der Waals surface area contributed by atoms with Crippen LogP contribution in [0, 0.1) is 0 Å². The van der Waals surface area contributed by atoms with Gasteiger partial charge >= 0.3 is 12.1 Å². The van der Waals surface area contributed by atoms with Crippen LogP contribution in [-0.4, -0.2) is 59.5 Å². The Kier molecular flexibility index (Phi) is 9.23. The summed E-state index contributed by atoms with van der Waals surface area (Å²) in [5.74, 6) is -0.600. The number of benzene rings is 3. The summed E-state index contributed by atoms with van der Waals surface area (Å²) in [5.41, 5.74) is 1.95. The highest BCUT2D eigenvalue weighted by molar-refractivity contribution is 5.89. The minimum absolute atomic E-state index is 0.0203. The molecule has 4 rings (SSSR count). The number of amides is 1. The molecule has 37 heavy (non-hydrogen) atoms. The van der Waals surface area contributed by atoms with E-state index in [-0.39, 0.29) is 19.8 Å². The number of aliphatic hydroxyl groups is 2. The molecule has 1 aliphatic rings. The van der Waals surface area contributed by atoms with Crippen molar-refractivity contribution < 1.29 is 38.7 Å². The fourth-order valence-electron chi connectivity index (χ4n) is 3.91. The SMILES string of the molecule is O=C(NC1C(O)OC(COC(=O)c2ccccc2)C(O)C1OCc1ccccc1)OCc1ccccc1. The van der Waals surface area contributed by atoms with Crippen LogP contribution < -0.4 is 5.32 Å². The Bertz CT molecular complexity index is 1130. The zero-order valence-electron chi connectivity index (χ0n) is 20.0. The molecule has 1 saturated heterocycles. The zero-order chi connectivity index (χ0) is 26.0. The third kappa shape index (κ3) is 7.37. The normalized spacial score (nSPS) is 23.1. The number of ether oxygens (including phenoxy) is 4. The van der Waals surface area contributed by atoms with Gasteiger partial charge in [0.15, 0.2) is 6.29 Å². The van der Waals surface area contributed by atoms with Crippen molar-refractivity contribution in [3.05, 3.63) is 108 Å². The minimum atomic E-state index is -1.56. The van der Waals surface area contributed by atoms with Gasteiger partial charge in [-0.05, 0) is 23.3 Å². The summed E-state index contributed by atoms with van der Waals surface area (Å²) in [5, 5.41) is 24.3. The van der Waals surface area contributed by atoms with Gasteiger partial charge in [0.2, 0.25) is 0 Å². The fourth-order valence-corrected chi connectivity index (χ4v) is 3.91. The molecule has 9 nitrogen and oxygen atoms in total. The molecule has 194 valence electrons. The van der Waals surface area contributed by atoms with Gasteiger partial charge in [-0.1, -0.05) is 78.9 Å². The van der Waals surface area contributed by atoms with Gasteiger partial charge in [0, 0.05) is 0 Å². The van der Waals surface area contributed by atoms with E-state index < -0.39 is 42.7 Å². The molecule has 1 aliphatic heterocycles. The van der Waals surface area contributed by atoms with E-state index >= 15 is 0 Å². The van der Waals surface area contributed by atoms with E-state index in [0.717, 1.165) is 11.1 Å². The Labute approximate surface area is 214 Å². The Hall–Kier alpha value is -3.76. The number of hydrogen-bond donors (Lipinski definition) is 3. The number of nitrogens with one attached hydrogen (secondary N) is 1. The van der Waals surface area contributed by atoms with Crippen LogP contribution in [-0.2, 0) is 32.2 Å². The number of hydrogen-bond acceptors (Lipinski definition) is 8. The lowest BCUT2D eigenvalue weighted by Crippen LogP contribution is -2.65. The van der Waals surface area contributed by atoms with Crippen LogP contribution in [0.1, 0.15) is 21.5 Å². The average molecular weight is 508 g/mol. The Balaban J connectivity index is 1.41. The Morgan fingerprint density at radius 1 is 0.784 bits per heavy atom. The highest BCUT2D eigenvalue weighted by atomic mass is 16.6. The second-order valence-electron chi connectivity index (χ2n) is 8.51. The molecule has 3 N–H and O–H groups in total. The first-order valence-electron chi connectivity index (χ1n) is 11.9. The molecule has 3 aromatic carbocycles. The van der Waals surface area contributed by atoms with Gasteiger partial charge < -0.3 is 34.5 Å². The van der Waals surface area contributed by atoms with Gasteiger partial charge in [0.1, 0.15) is 37.6 Å². The lowest BCUT2D eigenvalue weighted by Gasteiger charge is -2.42. The number of carbonyl (C=O) groups excluding carboxylic acids is 2. The molecule has 1 amide bonds. The average Bonchev–Trinajstić information content (AvgIpc) is 2.94. The summed E-state index contributed by atoms with van der Waals surface area (Å²) in [6, 6.07) is 25.6. The molecule has 1 heterocycles. The van der Waals surface area contributed by atoms with Gasteiger partial charge in [-0.2, -0.15) is 0 Å². The molecule has 1 fully saturated rings. The zero-order valence-corrected chi connectivity index (χ0v) is 20.0. The van der Waals surface area contributed by atoms with Crippen molar-refractivity contribution in [2.75, 3.05) is 6.61 Å². The monoisotopic (exact) mass is 507 g/mol. The Morgan fingerprint density at radius 3 is 1.97 bits per heavy atom. The third-order valence-electron chi connectivity index (χ3n) is 5.86. The summed E-state index contributed by atoms with van der Waals surface area (Å²) in [4.78, 5) is 24.8. The molecule has 0 aliphatic carbocycles. The van der Waals surface area contributed by atoms with Crippen LogP contribution in [0.5, 0.6) is 0 Å². The van der Waals surface area contributed by atoms with E-state index in [1.54, 1.807) is 30.3 Å². The maximum atomic E-state index is 12.5. The number of esters is 1. The van der Waals surface area contributed by atoms with E-state index in [4.69, 9.17) is 18.9 Å². The largest absolute Gasteiger partial charge is 0.459 e. The summed E-state index contributed by atoms with van der Waals surface area (Å²) in [6.45, 7) is -0.210. The molecule has 5 atom stereocenters. The van der Waals surface area contributed by atoms with Crippen LogP contribution in [0.25, 0.3) is 0 Å². The van der Waals surface area contributed by atoms with E-state index in [2.05, 4.69) is 5.32 Å². The maximum Gasteiger partial charge on any atom is 0.407 e. The second kappa shape index (κ2) is 13.0. The van der Waals surface area contributed by atoms with Crippen molar-refractivity contribution in [2.24, 2.45) is 0 Å². The highest BCUT2D eigenvalue weighted by Crippen LogP contribution is 2.24. The van der Waals surface area contributed by atoms with E-state index in [0.29, 0.717) is 5.56 Å². The summed E-state index contributed by atoms with van der Waals surface area (Å²) in [7, 11) is 0. The maximum absolute atomic E-state index is 12.5. The van der Waals surface area contributed by atoms with Crippen LogP contribution in [0.4, 0.5) is 4.79 Å². The highest BCUT2D eigenvalue weighted by Gasteiger charge is 2.47. The molecule has 0 aromatic heterocycles. The third-order valence-corrected chi connectivity index (χ3v) is 5.86. The number of aliphatic hydroxyl groups excluding tert-OH is 2.